The van der Waals surface area contributed by atoms with Gasteiger partial charge in [0.2, 0.25) is 0 Å². The van der Waals surface area contributed by atoms with Gasteiger partial charge in [0, 0.05) is 13.1 Å². The molecule has 1 unspecified atom stereocenters. The van der Waals surface area contributed by atoms with Gasteiger partial charge in [0.25, 0.3) is 0 Å². The van der Waals surface area contributed by atoms with Crippen LogP contribution in [0.4, 0.5) is 4.79 Å². The highest BCUT2D eigenvalue weighted by Gasteiger charge is 2.01. The van der Waals surface area contributed by atoms with Crippen molar-refractivity contribution >= 4 is 6.03 Å². The van der Waals surface area contributed by atoms with E-state index in [1.165, 1.54) is 0 Å². The topological polar surface area (TPSA) is 70.6 Å². The molecule has 0 heterocycles. The normalized spacial score (nSPS) is 11.7. The summed E-state index contributed by atoms with van der Waals surface area (Å²) < 4.78 is 5.08. The second-order valence-corrected chi connectivity index (χ2v) is 4.42. The molecule has 0 aliphatic heterocycles. The molecular weight excluding hydrogens is 244 g/mol. The Hall–Kier alpha value is -1.75. The molecule has 1 aromatic rings. The zero-order valence-electron chi connectivity index (χ0n) is 11.5. The number of aliphatic hydroxyl groups is 1. The summed E-state index contributed by atoms with van der Waals surface area (Å²) in [6.45, 7) is 2.75. The lowest BCUT2D eigenvalue weighted by Crippen LogP contribution is -2.37. The van der Waals surface area contributed by atoms with E-state index in [0.717, 1.165) is 17.7 Å². The summed E-state index contributed by atoms with van der Waals surface area (Å²) in [6, 6.07) is 7.56. The number of benzene rings is 1. The monoisotopic (exact) mass is 266 g/mol. The Kier molecular flexibility index (Phi) is 6.74. The number of methoxy groups -OCH3 is 1. The van der Waals surface area contributed by atoms with Crippen molar-refractivity contribution in [3.05, 3.63) is 29.8 Å². The van der Waals surface area contributed by atoms with E-state index in [4.69, 9.17) is 9.84 Å². The Morgan fingerprint density at radius 3 is 2.47 bits per heavy atom. The highest BCUT2D eigenvalue weighted by atomic mass is 16.5. The Morgan fingerprint density at radius 1 is 1.26 bits per heavy atom. The van der Waals surface area contributed by atoms with Crippen LogP contribution in [0.3, 0.4) is 0 Å². The molecule has 5 nitrogen and oxygen atoms in total. The number of hydrogen-bond acceptors (Lipinski definition) is 3. The first kappa shape index (κ1) is 15.3. The van der Waals surface area contributed by atoms with Crippen molar-refractivity contribution in [3.63, 3.8) is 0 Å². The van der Waals surface area contributed by atoms with E-state index in [2.05, 4.69) is 10.6 Å². The van der Waals surface area contributed by atoms with Crippen molar-refractivity contribution in [2.75, 3.05) is 20.2 Å². The van der Waals surface area contributed by atoms with E-state index in [1.54, 1.807) is 14.0 Å². The molecule has 2 amide bonds. The standard InChI is InChI=1S/C14H22N2O3/c1-11(17)7-9-15-14(18)16-10-8-12-3-5-13(19-2)6-4-12/h3-6,11,17H,7-10H2,1-2H3,(H2,15,16,18). The Balaban J connectivity index is 2.16. The third kappa shape index (κ3) is 6.67. The van der Waals surface area contributed by atoms with Gasteiger partial charge in [-0.25, -0.2) is 4.79 Å². The van der Waals surface area contributed by atoms with Crippen molar-refractivity contribution in [2.45, 2.75) is 25.9 Å². The van der Waals surface area contributed by atoms with Gasteiger partial charge in [0.1, 0.15) is 5.75 Å². The van der Waals surface area contributed by atoms with Crippen LogP contribution in [0.15, 0.2) is 24.3 Å². The van der Waals surface area contributed by atoms with E-state index < -0.39 is 0 Å². The Labute approximate surface area is 114 Å². The van der Waals surface area contributed by atoms with Gasteiger partial charge in [-0.2, -0.15) is 0 Å². The summed E-state index contributed by atoms with van der Waals surface area (Å²) in [5.74, 6) is 0.826. The van der Waals surface area contributed by atoms with E-state index in [1.807, 2.05) is 24.3 Å². The van der Waals surface area contributed by atoms with Gasteiger partial charge in [-0.15, -0.1) is 0 Å². The summed E-state index contributed by atoms with van der Waals surface area (Å²) >= 11 is 0. The molecule has 1 atom stereocenters. The average molecular weight is 266 g/mol. The molecule has 3 N–H and O–H groups in total. The molecule has 106 valence electrons. The van der Waals surface area contributed by atoms with Gasteiger partial charge in [0.15, 0.2) is 0 Å². The minimum absolute atomic E-state index is 0.200. The van der Waals surface area contributed by atoms with E-state index >= 15 is 0 Å². The summed E-state index contributed by atoms with van der Waals surface area (Å²) in [6.07, 6.45) is 0.944. The number of nitrogens with one attached hydrogen (secondary N) is 2. The van der Waals surface area contributed by atoms with Gasteiger partial charge in [-0.05, 0) is 37.5 Å². The number of ether oxygens (including phenoxy) is 1. The molecule has 0 aromatic heterocycles. The van der Waals surface area contributed by atoms with Crippen molar-refractivity contribution < 1.29 is 14.6 Å². The lowest BCUT2D eigenvalue weighted by molar-refractivity contribution is 0.183. The smallest absolute Gasteiger partial charge is 0.314 e. The number of carbonyl (C=O) groups excluding carboxylic acids is 1. The van der Waals surface area contributed by atoms with Crippen LogP contribution in [-0.2, 0) is 6.42 Å². The third-order valence-electron chi connectivity index (χ3n) is 2.71. The van der Waals surface area contributed by atoms with Crippen LogP contribution < -0.4 is 15.4 Å². The van der Waals surface area contributed by atoms with Crippen LogP contribution in [-0.4, -0.2) is 37.4 Å². The zero-order chi connectivity index (χ0) is 14.1. The minimum Gasteiger partial charge on any atom is -0.497 e. The van der Waals surface area contributed by atoms with Gasteiger partial charge in [-0.1, -0.05) is 12.1 Å². The van der Waals surface area contributed by atoms with Crippen molar-refractivity contribution in [3.8, 4) is 5.75 Å². The fraction of sp³-hybridized carbons (Fsp3) is 0.500. The zero-order valence-corrected chi connectivity index (χ0v) is 11.5. The summed E-state index contributed by atoms with van der Waals surface area (Å²) in [4.78, 5) is 11.4. The third-order valence-corrected chi connectivity index (χ3v) is 2.71. The number of amides is 2. The molecule has 0 aliphatic carbocycles. The number of rotatable bonds is 7. The fourth-order valence-corrected chi connectivity index (χ4v) is 1.57. The van der Waals surface area contributed by atoms with Crippen LogP contribution >= 0.6 is 0 Å². The van der Waals surface area contributed by atoms with Crippen LogP contribution in [0.2, 0.25) is 0 Å². The van der Waals surface area contributed by atoms with Crippen LogP contribution in [0, 0.1) is 0 Å². The maximum absolute atomic E-state index is 11.4. The molecule has 0 bridgehead atoms. The fourth-order valence-electron chi connectivity index (χ4n) is 1.57. The predicted molar refractivity (Wildman–Crippen MR) is 74.4 cm³/mol. The highest BCUT2D eigenvalue weighted by molar-refractivity contribution is 5.73. The number of aliphatic hydroxyl groups excluding tert-OH is 1. The van der Waals surface area contributed by atoms with E-state index in [-0.39, 0.29) is 12.1 Å². The molecule has 1 aromatic carbocycles. The SMILES string of the molecule is COc1ccc(CCNC(=O)NCCC(C)O)cc1. The lowest BCUT2D eigenvalue weighted by Gasteiger charge is -2.09. The van der Waals surface area contributed by atoms with Crippen molar-refractivity contribution in [1.29, 1.82) is 0 Å². The van der Waals surface area contributed by atoms with Gasteiger partial charge < -0.3 is 20.5 Å². The van der Waals surface area contributed by atoms with E-state index in [9.17, 15) is 4.79 Å². The number of hydrogen-bond donors (Lipinski definition) is 3. The number of carbonyl (C=O) groups is 1. The molecule has 1 rings (SSSR count). The molecule has 19 heavy (non-hydrogen) atoms. The van der Waals surface area contributed by atoms with Gasteiger partial charge >= 0.3 is 6.03 Å². The van der Waals surface area contributed by atoms with Gasteiger partial charge in [-0.3, -0.25) is 0 Å². The summed E-state index contributed by atoms with van der Waals surface area (Å²) in [5, 5.41) is 14.5. The molecule has 5 heteroatoms. The molecule has 0 saturated carbocycles. The predicted octanol–water partition coefficient (Wildman–Crippen LogP) is 1.31. The summed E-state index contributed by atoms with van der Waals surface area (Å²) in [7, 11) is 1.63. The quantitative estimate of drug-likeness (QED) is 0.697. The van der Waals surface area contributed by atoms with Gasteiger partial charge in [0.05, 0.1) is 13.2 Å². The molecule has 0 fully saturated rings. The Bertz CT molecular complexity index is 377. The maximum atomic E-state index is 11.4. The first-order valence-electron chi connectivity index (χ1n) is 6.44. The average Bonchev–Trinajstić information content (AvgIpc) is 2.39. The lowest BCUT2D eigenvalue weighted by atomic mass is 10.1. The van der Waals surface area contributed by atoms with Crippen molar-refractivity contribution in [1.82, 2.24) is 10.6 Å². The molecule has 0 spiro atoms. The molecule has 0 aliphatic rings. The van der Waals surface area contributed by atoms with Crippen LogP contribution in [0.1, 0.15) is 18.9 Å². The van der Waals surface area contributed by atoms with Crippen LogP contribution in [0.5, 0.6) is 5.75 Å². The maximum Gasteiger partial charge on any atom is 0.314 e. The van der Waals surface area contributed by atoms with Crippen LogP contribution in [0.25, 0.3) is 0 Å². The highest BCUT2D eigenvalue weighted by Crippen LogP contribution is 2.11. The van der Waals surface area contributed by atoms with Crippen molar-refractivity contribution in [2.24, 2.45) is 0 Å². The molecular formula is C14H22N2O3. The Morgan fingerprint density at radius 2 is 1.89 bits per heavy atom. The van der Waals surface area contributed by atoms with E-state index in [0.29, 0.717) is 19.5 Å². The second-order valence-electron chi connectivity index (χ2n) is 4.42. The molecule has 0 radical (unpaired) electrons. The minimum atomic E-state index is -0.389. The summed E-state index contributed by atoms with van der Waals surface area (Å²) in [5.41, 5.74) is 1.14. The second kappa shape index (κ2) is 8.37. The first-order chi connectivity index (χ1) is 9.11. The first-order valence-corrected chi connectivity index (χ1v) is 6.44. The number of urea groups is 1. The largest absolute Gasteiger partial charge is 0.497 e. The molecule has 0 saturated heterocycles.